The van der Waals surface area contributed by atoms with Crippen molar-refractivity contribution in [2.75, 3.05) is 13.7 Å². The second-order valence-corrected chi connectivity index (χ2v) is 4.33. The van der Waals surface area contributed by atoms with Crippen LogP contribution in [0.1, 0.15) is 23.7 Å². The van der Waals surface area contributed by atoms with E-state index in [2.05, 4.69) is 4.98 Å². The molecule has 0 saturated carbocycles. The number of methoxy groups -OCH3 is 1. The molecular weight excluding hydrogens is 216 g/mol. The third kappa shape index (κ3) is 3.03. The highest BCUT2D eigenvalue weighted by Gasteiger charge is 2.16. The summed E-state index contributed by atoms with van der Waals surface area (Å²) in [4.78, 5) is 16.1. The second-order valence-electron chi connectivity index (χ2n) is 4.33. The lowest BCUT2D eigenvalue weighted by molar-refractivity contribution is -0.121. The Morgan fingerprint density at radius 3 is 2.71 bits per heavy atom. The van der Waals surface area contributed by atoms with Crippen molar-refractivity contribution in [2.45, 2.75) is 27.2 Å². The molecule has 17 heavy (non-hydrogen) atoms. The van der Waals surface area contributed by atoms with Crippen LogP contribution in [0.25, 0.3) is 0 Å². The minimum absolute atomic E-state index is 0.119. The van der Waals surface area contributed by atoms with Crippen molar-refractivity contribution in [3.8, 4) is 5.75 Å². The van der Waals surface area contributed by atoms with Crippen LogP contribution >= 0.6 is 0 Å². The number of nitrogens with two attached hydrogens (primary N) is 1. The van der Waals surface area contributed by atoms with Crippen LogP contribution in [0.5, 0.6) is 5.75 Å². The van der Waals surface area contributed by atoms with E-state index in [1.807, 2.05) is 20.8 Å². The summed E-state index contributed by atoms with van der Waals surface area (Å²) in [5, 5.41) is 0. The molecule has 1 atom stereocenters. The molecule has 0 bridgehead atoms. The van der Waals surface area contributed by atoms with Gasteiger partial charge in [0.1, 0.15) is 11.5 Å². The first-order chi connectivity index (χ1) is 8.01. The number of ketones is 1. The number of carbonyl (C=O) groups is 1. The summed E-state index contributed by atoms with van der Waals surface area (Å²) in [6, 6.07) is 0. The molecule has 1 unspecified atom stereocenters. The molecule has 1 rings (SSSR count). The number of ether oxygens (including phenoxy) is 1. The predicted octanol–water partition coefficient (Wildman–Crippen LogP) is 1.41. The first-order valence-electron chi connectivity index (χ1n) is 5.73. The van der Waals surface area contributed by atoms with Gasteiger partial charge in [0.2, 0.25) is 0 Å². The van der Waals surface area contributed by atoms with E-state index in [0.29, 0.717) is 13.0 Å². The molecule has 0 amide bonds. The molecule has 4 nitrogen and oxygen atoms in total. The Bertz CT molecular complexity index is 416. The molecule has 1 aromatic heterocycles. The lowest BCUT2D eigenvalue weighted by atomic mass is 9.99. The van der Waals surface area contributed by atoms with E-state index < -0.39 is 0 Å². The fourth-order valence-corrected chi connectivity index (χ4v) is 1.72. The van der Waals surface area contributed by atoms with Gasteiger partial charge in [0.05, 0.1) is 12.8 Å². The number of nitrogens with zero attached hydrogens (tertiary/aromatic N) is 1. The van der Waals surface area contributed by atoms with Gasteiger partial charge in [0.25, 0.3) is 0 Å². The number of rotatable bonds is 5. The molecule has 0 aromatic carbocycles. The zero-order chi connectivity index (χ0) is 13.0. The monoisotopic (exact) mass is 236 g/mol. The van der Waals surface area contributed by atoms with Crippen molar-refractivity contribution < 1.29 is 9.53 Å². The van der Waals surface area contributed by atoms with E-state index in [1.165, 1.54) is 0 Å². The number of carbonyl (C=O) groups excluding carboxylic acids is 1. The van der Waals surface area contributed by atoms with Gasteiger partial charge in [-0.3, -0.25) is 9.78 Å². The first kappa shape index (κ1) is 13.6. The smallest absolute Gasteiger partial charge is 0.142 e. The Kier molecular flexibility index (Phi) is 4.63. The van der Waals surface area contributed by atoms with Crippen molar-refractivity contribution >= 4 is 5.78 Å². The van der Waals surface area contributed by atoms with E-state index >= 15 is 0 Å². The summed E-state index contributed by atoms with van der Waals surface area (Å²) in [7, 11) is 1.63. The molecule has 94 valence electrons. The lowest BCUT2D eigenvalue weighted by Gasteiger charge is -2.13. The van der Waals surface area contributed by atoms with Crippen molar-refractivity contribution in [1.82, 2.24) is 4.98 Å². The average Bonchev–Trinajstić information content (AvgIpc) is 2.32. The van der Waals surface area contributed by atoms with Crippen LogP contribution in [0.3, 0.4) is 0 Å². The predicted molar refractivity (Wildman–Crippen MR) is 67.2 cm³/mol. The molecule has 0 aliphatic carbocycles. The van der Waals surface area contributed by atoms with Gasteiger partial charge in [0.15, 0.2) is 0 Å². The topological polar surface area (TPSA) is 65.2 Å². The quantitative estimate of drug-likeness (QED) is 0.839. The van der Waals surface area contributed by atoms with E-state index in [1.54, 1.807) is 13.3 Å². The highest BCUT2D eigenvalue weighted by molar-refractivity contribution is 5.83. The van der Waals surface area contributed by atoms with Crippen molar-refractivity contribution in [3.05, 3.63) is 23.0 Å². The van der Waals surface area contributed by atoms with Gasteiger partial charge in [0, 0.05) is 36.2 Å². The molecule has 2 N–H and O–H groups in total. The minimum atomic E-state index is -0.122. The van der Waals surface area contributed by atoms with Crippen LogP contribution in [0.4, 0.5) is 0 Å². The number of hydrogen-bond acceptors (Lipinski definition) is 4. The third-order valence-electron chi connectivity index (χ3n) is 2.99. The number of aryl methyl sites for hydroxylation is 1. The third-order valence-corrected chi connectivity index (χ3v) is 2.99. The zero-order valence-electron chi connectivity index (χ0n) is 10.9. The second kappa shape index (κ2) is 5.77. The number of pyridine rings is 1. The SMILES string of the molecule is COc1c(C)cnc(CC(=O)C(C)CN)c1C. The lowest BCUT2D eigenvalue weighted by Crippen LogP contribution is -2.23. The van der Waals surface area contributed by atoms with Gasteiger partial charge >= 0.3 is 0 Å². The fourth-order valence-electron chi connectivity index (χ4n) is 1.72. The molecular formula is C13H20N2O2. The normalized spacial score (nSPS) is 12.3. The summed E-state index contributed by atoms with van der Waals surface area (Å²) in [5.74, 6) is 0.806. The van der Waals surface area contributed by atoms with Gasteiger partial charge in [-0.05, 0) is 13.8 Å². The first-order valence-corrected chi connectivity index (χ1v) is 5.73. The molecule has 0 radical (unpaired) electrons. The molecule has 1 aromatic rings. The Morgan fingerprint density at radius 2 is 2.18 bits per heavy atom. The molecule has 0 aliphatic rings. The maximum Gasteiger partial charge on any atom is 0.142 e. The number of Topliss-reactive ketones (excluding diaryl/α,β-unsaturated/α-hetero) is 1. The van der Waals surface area contributed by atoms with Crippen LogP contribution < -0.4 is 10.5 Å². The minimum Gasteiger partial charge on any atom is -0.496 e. The van der Waals surface area contributed by atoms with E-state index in [4.69, 9.17) is 10.5 Å². The molecule has 0 fully saturated rings. The Hall–Kier alpha value is -1.42. The van der Waals surface area contributed by atoms with Crippen LogP contribution in [0, 0.1) is 19.8 Å². The van der Waals surface area contributed by atoms with Crippen LogP contribution in [-0.4, -0.2) is 24.4 Å². The number of hydrogen-bond donors (Lipinski definition) is 1. The highest BCUT2D eigenvalue weighted by Crippen LogP contribution is 2.24. The fraction of sp³-hybridized carbons (Fsp3) is 0.538. The number of aromatic nitrogens is 1. The van der Waals surface area contributed by atoms with Gasteiger partial charge in [-0.1, -0.05) is 6.92 Å². The summed E-state index contributed by atoms with van der Waals surface area (Å²) in [6.45, 7) is 6.07. The summed E-state index contributed by atoms with van der Waals surface area (Å²) >= 11 is 0. The van der Waals surface area contributed by atoms with Crippen LogP contribution in [0.2, 0.25) is 0 Å². The van der Waals surface area contributed by atoms with E-state index in [9.17, 15) is 4.79 Å². The van der Waals surface area contributed by atoms with Crippen molar-refractivity contribution in [2.24, 2.45) is 11.7 Å². The molecule has 1 heterocycles. The average molecular weight is 236 g/mol. The van der Waals surface area contributed by atoms with E-state index in [0.717, 1.165) is 22.6 Å². The van der Waals surface area contributed by atoms with Gasteiger partial charge in [-0.25, -0.2) is 0 Å². The Morgan fingerprint density at radius 1 is 1.53 bits per heavy atom. The van der Waals surface area contributed by atoms with Crippen LogP contribution in [-0.2, 0) is 11.2 Å². The molecule has 0 spiro atoms. The molecule has 0 aliphatic heterocycles. The van der Waals surface area contributed by atoms with E-state index in [-0.39, 0.29) is 11.7 Å². The van der Waals surface area contributed by atoms with Gasteiger partial charge < -0.3 is 10.5 Å². The Balaban J connectivity index is 2.97. The van der Waals surface area contributed by atoms with Crippen molar-refractivity contribution in [1.29, 1.82) is 0 Å². The maximum atomic E-state index is 11.8. The van der Waals surface area contributed by atoms with Gasteiger partial charge in [-0.15, -0.1) is 0 Å². The van der Waals surface area contributed by atoms with Crippen molar-refractivity contribution in [3.63, 3.8) is 0 Å². The molecule has 0 saturated heterocycles. The Labute approximate surface area is 102 Å². The summed E-state index contributed by atoms with van der Waals surface area (Å²) < 4.78 is 5.31. The maximum absolute atomic E-state index is 11.8. The summed E-state index contributed by atoms with van der Waals surface area (Å²) in [6.07, 6.45) is 2.06. The van der Waals surface area contributed by atoms with Crippen LogP contribution in [0.15, 0.2) is 6.20 Å². The zero-order valence-corrected chi connectivity index (χ0v) is 10.9. The largest absolute Gasteiger partial charge is 0.496 e. The standard InChI is InChI=1S/C13H20N2O2/c1-8(6-14)12(16)5-11-10(3)13(17-4)9(2)7-15-11/h7-8H,5-6,14H2,1-4H3. The summed E-state index contributed by atoms with van der Waals surface area (Å²) in [5.41, 5.74) is 8.17. The molecule has 4 heteroatoms. The highest BCUT2D eigenvalue weighted by atomic mass is 16.5. The van der Waals surface area contributed by atoms with Gasteiger partial charge in [-0.2, -0.15) is 0 Å².